The Hall–Kier alpha value is -2.44. The molecule has 0 bridgehead atoms. The molecule has 0 radical (unpaired) electrons. The highest BCUT2D eigenvalue weighted by Gasteiger charge is 2.39. The first-order valence-electron chi connectivity index (χ1n) is 12.5. The fraction of sp³-hybridized carbons (Fsp3) is 0.500. The van der Waals surface area contributed by atoms with Crippen molar-refractivity contribution in [3.8, 4) is 5.75 Å². The second-order valence-electron chi connectivity index (χ2n) is 9.53. The summed E-state index contributed by atoms with van der Waals surface area (Å²) in [5.74, 6) is -1.28. The zero-order valence-electron chi connectivity index (χ0n) is 20.8. The van der Waals surface area contributed by atoms with Gasteiger partial charge in [-0.2, -0.15) is 13.2 Å². The molecule has 0 aromatic heterocycles. The molecule has 4 rings (SSSR count). The van der Waals surface area contributed by atoms with Gasteiger partial charge in [0.15, 0.2) is 0 Å². The fourth-order valence-electron chi connectivity index (χ4n) is 4.81. The van der Waals surface area contributed by atoms with Crippen LogP contribution < -0.4 is 15.0 Å². The number of alkyl halides is 6. The van der Waals surface area contributed by atoms with Gasteiger partial charge < -0.3 is 24.6 Å². The summed E-state index contributed by atoms with van der Waals surface area (Å²) < 4.78 is 87.0. The molecule has 0 amide bonds. The minimum absolute atomic E-state index is 0.0235. The predicted molar refractivity (Wildman–Crippen MR) is 142 cm³/mol. The third kappa shape index (κ3) is 8.52. The highest BCUT2D eigenvalue weighted by Crippen LogP contribution is 2.40. The summed E-state index contributed by atoms with van der Waals surface area (Å²) >= 11 is 11.6. The van der Waals surface area contributed by atoms with Gasteiger partial charge in [-0.1, -0.05) is 23.8 Å². The maximum absolute atomic E-state index is 13.3. The number of nitrogens with zero attached hydrogens (tertiary/aromatic N) is 2. The van der Waals surface area contributed by atoms with Crippen LogP contribution in [0.4, 0.5) is 37.7 Å². The van der Waals surface area contributed by atoms with Gasteiger partial charge in [-0.05, 0) is 68.1 Å². The number of rotatable bonds is 7. The van der Waals surface area contributed by atoms with E-state index in [1.54, 1.807) is 0 Å². The number of hydrogen-bond donors (Lipinski definition) is 1. The van der Waals surface area contributed by atoms with Gasteiger partial charge in [0.2, 0.25) is 0 Å². The first-order chi connectivity index (χ1) is 18.4. The zero-order chi connectivity index (χ0) is 28.2. The Kier molecular flexibility index (Phi) is 9.38. The highest BCUT2D eigenvalue weighted by molar-refractivity contribution is 7.80. The average molecular weight is 596 g/mol. The van der Waals surface area contributed by atoms with Gasteiger partial charge in [0.05, 0.1) is 18.3 Å². The second kappa shape index (κ2) is 12.4. The van der Waals surface area contributed by atoms with Crippen LogP contribution in [-0.2, 0) is 10.9 Å². The van der Waals surface area contributed by atoms with Crippen molar-refractivity contribution in [3.05, 3.63) is 53.1 Å². The Morgan fingerprint density at radius 1 is 0.923 bits per heavy atom. The summed E-state index contributed by atoms with van der Waals surface area (Å²) in [5, 5.41) is 3.70. The lowest BCUT2D eigenvalue weighted by Crippen LogP contribution is -2.49. The Morgan fingerprint density at radius 3 is 2.15 bits per heavy atom. The molecule has 1 saturated heterocycles. The van der Waals surface area contributed by atoms with Crippen molar-refractivity contribution < 1.29 is 35.8 Å². The van der Waals surface area contributed by atoms with Crippen LogP contribution in [-0.4, -0.2) is 61.2 Å². The summed E-state index contributed by atoms with van der Waals surface area (Å²) in [7, 11) is 0. The van der Waals surface area contributed by atoms with Gasteiger partial charge in [0.25, 0.3) is 0 Å². The molecule has 1 saturated carbocycles. The topological polar surface area (TPSA) is 37.0 Å². The lowest BCUT2D eigenvalue weighted by molar-refractivity contribution is -0.276. The number of halogens is 7. The van der Waals surface area contributed by atoms with Crippen LogP contribution in [0.3, 0.4) is 0 Å². The highest BCUT2D eigenvalue weighted by atomic mass is 35.5. The summed E-state index contributed by atoms with van der Waals surface area (Å²) in [5.41, 5.74) is -0.281. The minimum Gasteiger partial charge on any atom is -0.405 e. The number of nitrogens with one attached hydrogen (secondary N) is 1. The molecule has 0 atom stereocenters. The molecule has 1 heterocycles. The molecule has 214 valence electrons. The number of hydrogen-bond acceptors (Lipinski definition) is 5. The predicted octanol–water partition coefficient (Wildman–Crippen LogP) is 7.15. The van der Waals surface area contributed by atoms with E-state index in [1.807, 2.05) is 24.3 Å². The standard InChI is InChI=1S/C26H28ClF6N3O2S/c27-17-1-6-20(7-2-17)35-11-13-36(14-12-35)24(39)16-37-21-8-3-18(4-9-21)34-19-5-10-23(38-26(31,32)33)22(15-19)25(28,29)30/h1-2,5-7,10,15,18,21,34H,3-4,8-9,11-14,16H2/t18-,21-. The van der Waals surface area contributed by atoms with Crippen molar-refractivity contribution in [1.82, 2.24) is 4.90 Å². The van der Waals surface area contributed by atoms with E-state index in [4.69, 9.17) is 28.6 Å². The molecule has 5 nitrogen and oxygen atoms in total. The monoisotopic (exact) mass is 595 g/mol. The Morgan fingerprint density at radius 2 is 1.56 bits per heavy atom. The number of piperazine rings is 1. The van der Waals surface area contributed by atoms with Crippen LogP contribution in [0.25, 0.3) is 0 Å². The van der Waals surface area contributed by atoms with Crippen molar-refractivity contribution in [3.63, 3.8) is 0 Å². The number of anilines is 2. The van der Waals surface area contributed by atoms with Crippen molar-refractivity contribution in [2.24, 2.45) is 0 Å². The van der Waals surface area contributed by atoms with Gasteiger partial charge in [-0.15, -0.1) is 13.2 Å². The largest absolute Gasteiger partial charge is 0.573 e. The van der Waals surface area contributed by atoms with E-state index in [-0.39, 0.29) is 17.8 Å². The lowest BCUT2D eigenvalue weighted by atomic mass is 9.92. The third-order valence-corrected chi connectivity index (χ3v) is 7.45. The summed E-state index contributed by atoms with van der Waals surface area (Å²) in [6, 6.07) is 10.1. The molecule has 1 N–H and O–H groups in total. The van der Waals surface area contributed by atoms with Crippen molar-refractivity contribution in [2.45, 2.75) is 50.4 Å². The Bertz CT molecular complexity index is 1120. The van der Waals surface area contributed by atoms with E-state index >= 15 is 0 Å². The summed E-state index contributed by atoms with van der Waals surface area (Å²) in [6.45, 7) is 3.56. The molecule has 0 unspecified atom stereocenters. The Balaban J connectivity index is 1.21. The molecular weight excluding hydrogens is 568 g/mol. The van der Waals surface area contributed by atoms with E-state index in [0.717, 1.165) is 42.9 Å². The van der Waals surface area contributed by atoms with Crippen LogP contribution in [0.5, 0.6) is 5.75 Å². The van der Waals surface area contributed by atoms with E-state index in [2.05, 4.69) is 19.9 Å². The number of ether oxygens (including phenoxy) is 2. The van der Waals surface area contributed by atoms with Crippen LogP contribution >= 0.6 is 23.8 Å². The molecule has 2 aromatic carbocycles. The van der Waals surface area contributed by atoms with E-state index in [1.165, 1.54) is 0 Å². The third-order valence-electron chi connectivity index (χ3n) is 6.82. The smallest absolute Gasteiger partial charge is 0.405 e. The molecule has 2 aliphatic rings. The number of benzene rings is 2. The van der Waals surface area contributed by atoms with Crippen molar-refractivity contribution in [2.75, 3.05) is 43.0 Å². The van der Waals surface area contributed by atoms with Crippen LogP contribution in [0.1, 0.15) is 31.2 Å². The molecule has 2 aromatic rings. The van der Waals surface area contributed by atoms with Gasteiger partial charge >= 0.3 is 12.5 Å². The second-order valence-corrected chi connectivity index (χ2v) is 10.4. The van der Waals surface area contributed by atoms with Gasteiger partial charge in [0.1, 0.15) is 10.7 Å². The van der Waals surface area contributed by atoms with E-state index in [9.17, 15) is 26.3 Å². The van der Waals surface area contributed by atoms with Crippen LogP contribution in [0.15, 0.2) is 42.5 Å². The molecule has 13 heteroatoms. The molecule has 0 spiro atoms. The van der Waals surface area contributed by atoms with Gasteiger partial charge in [-0.3, -0.25) is 0 Å². The van der Waals surface area contributed by atoms with E-state index in [0.29, 0.717) is 49.4 Å². The maximum atomic E-state index is 13.3. The lowest BCUT2D eigenvalue weighted by Gasteiger charge is -2.38. The van der Waals surface area contributed by atoms with Crippen LogP contribution in [0, 0.1) is 0 Å². The minimum atomic E-state index is -5.22. The first kappa shape index (κ1) is 29.5. The average Bonchev–Trinajstić information content (AvgIpc) is 2.88. The quantitative estimate of drug-likeness (QED) is 0.271. The number of thiocarbonyl (C=S) groups is 1. The molecule has 1 aliphatic heterocycles. The molecular formula is C26H28ClF6N3O2S. The van der Waals surface area contributed by atoms with E-state index < -0.39 is 23.9 Å². The first-order valence-corrected chi connectivity index (χ1v) is 13.3. The normalized spacial score (nSPS) is 20.6. The fourth-order valence-corrected chi connectivity index (χ4v) is 5.19. The Labute approximate surface area is 233 Å². The SMILES string of the molecule is FC(F)(F)Oc1ccc(N[C@H]2CC[C@H](OCC(=S)N3CCN(c4ccc(Cl)cc4)CC3)CC2)cc1C(F)(F)F. The summed E-state index contributed by atoms with van der Waals surface area (Å²) in [4.78, 5) is 5.16. The molecule has 2 fully saturated rings. The zero-order valence-corrected chi connectivity index (χ0v) is 22.4. The molecule has 1 aliphatic carbocycles. The van der Waals surface area contributed by atoms with Crippen molar-refractivity contribution in [1.29, 1.82) is 0 Å². The van der Waals surface area contributed by atoms with Gasteiger partial charge in [0, 0.05) is 48.6 Å². The maximum Gasteiger partial charge on any atom is 0.573 e. The van der Waals surface area contributed by atoms with Crippen molar-refractivity contribution >= 4 is 40.2 Å². The summed E-state index contributed by atoms with van der Waals surface area (Å²) in [6.07, 6.45) is -7.59. The van der Waals surface area contributed by atoms with Gasteiger partial charge in [-0.25, -0.2) is 0 Å². The van der Waals surface area contributed by atoms with Crippen LogP contribution in [0.2, 0.25) is 5.02 Å². The molecule has 39 heavy (non-hydrogen) atoms.